The maximum absolute atomic E-state index is 13.3. The van der Waals surface area contributed by atoms with Gasteiger partial charge in [0.25, 0.3) is 5.91 Å². The quantitative estimate of drug-likeness (QED) is 0.455. The third-order valence-electron chi connectivity index (χ3n) is 4.71. The fraction of sp³-hybridized carbons (Fsp3) is 0.0909. The Morgan fingerprint density at radius 3 is 2.71 bits per heavy atom. The van der Waals surface area contributed by atoms with Crippen molar-refractivity contribution in [3.05, 3.63) is 94.0 Å². The molecule has 0 radical (unpaired) electrons. The molecule has 4 aromatic rings. The first kappa shape index (κ1) is 18.1. The minimum absolute atomic E-state index is 0.307. The van der Waals surface area contributed by atoms with Gasteiger partial charge >= 0.3 is 0 Å². The molecular formula is C22H18FN3OS. The van der Waals surface area contributed by atoms with Crippen LogP contribution in [0.15, 0.2) is 66.7 Å². The van der Waals surface area contributed by atoms with E-state index in [9.17, 15) is 9.18 Å². The number of fused-ring (bicyclic) bond motifs is 1. The Bertz CT molecular complexity index is 1240. The standard InChI is InChI=1S/C22H18FN3OS/c1-14-5-2-3-6-16(14)13-26-20-10-9-15(11-19(20)25-22(26)28)21(27)24-18-8-4-7-17(23)12-18/h2-12H,13H2,1H3,(H,24,27)(H,25,28). The van der Waals surface area contributed by atoms with Crippen LogP contribution < -0.4 is 5.32 Å². The topological polar surface area (TPSA) is 49.8 Å². The number of H-pyrrole nitrogens is 1. The monoisotopic (exact) mass is 391 g/mol. The Hall–Kier alpha value is -3.25. The SMILES string of the molecule is Cc1ccccc1Cn1c(=S)[nH]c2cc(C(=O)Nc3cccc(F)c3)ccc21. The van der Waals surface area contributed by atoms with Crippen LogP contribution in [0.1, 0.15) is 21.5 Å². The lowest BCUT2D eigenvalue weighted by molar-refractivity contribution is 0.102. The summed E-state index contributed by atoms with van der Waals surface area (Å²) in [5.41, 5.74) is 4.98. The van der Waals surface area contributed by atoms with Crippen LogP contribution in [0.25, 0.3) is 11.0 Å². The Morgan fingerprint density at radius 2 is 1.93 bits per heavy atom. The van der Waals surface area contributed by atoms with E-state index < -0.39 is 5.82 Å². The number of carbonyl (C=O) groups is 1. The first-order valence-electron chi connectivity index (χ1n) is 8.85. The highest BCUT2D eigenvalue weighted by Gasteiger charge is 2.11. The highest BCUT2D eigenvalue weighted by atomic mass is 32.1. The lowest BCUT2D eigenvalue weighted by Crippen LogP contribution is -2.12. The molecule has 0 bridgehead atoms. The van der Waals surface area contributed by atoms with Gasteiger partial charge in [-0.1, -0.05) is 30.3 Å². The van der Waals surface area contributed by atoms with Crippen LogP contribution in [0.4, 0.5) is 10.1 Å². The number of halogens is 1. The molecular weight excluding hydrogens is 373 g/mol. The summed E-state index contributed by atoms with van der Waals surface area (Å²) in [6.07, 6.45) is 0. The average Bonchev–Trinajstić information content (AvgIpc) is 2.98. The molecule has 0 unspecified atom stereocenters. The van der Waals surface area contributed by atoms with E-state index in [1.54, 1.807) is 24.3 Å². The Morgan fingerprint density at radius 1 is 1.11 bits per heavy atom. The van der Waals surface area contributed by atoms with E-state index in [0.717, 1.165) is 11.0 Å². The third-order valence-corrected chi connectivity index (χ3v) is 5.03. The smallest absolute Gasteiger partial charge is 0.255 e. The minimum Gasteiger partial charge on any atom is -0.331 e. The number of hydrogen-bond acceptors (Lipinski definition) is 2. The van der Waals surface area contributed by atoms with Crippen LogP contribution in [0.2, 0.25) is 0 Å². The number of nitrogens with zero attached hydrogens (tertiary/aromatic N) is 1. The van der Waals surface area contributed by atoms with Crippen molar-refractivity contribution in [3.63, 3.8) is 0 Å². The highest BCUT2D eigenvalue weighted by Crippen LogP contribution is 2.20. The molecule has 140 valence electrons. The molecule has 4 rings (SSSR count). The highest BCUT2D eigenvalue weighted by molar-refractivity contribution is 7.71. The fourth-order valence-corrected chi connectivity index (χ4v) is 3.46. The first-order valence-corrected chi connectivity index (χ1v) is 9.26. The Labute approximate surface area is 166 Å². The van der Waals surface area contributed by atoms with E-state index in [0.29, 0.717) is 22.6 Å². The summed E-state index contributed by atoms with van der Waals surface area (Å²) >= 11 is 5.49. The number of benzene rings is 3. The number of hydrogen-bond donors (Lipinski definition) is 2. The van der Waals surface area contributed by atoms with Crippen LogP contribution >= 0.6 is 12.2 Å². The summed E-state index contributed by atoms with van der Waals surface area (Å²) in [6.45, 7) is 2.73. The molecule has 0 aliphatic rings. The summed E-state index contributed by atoms with van der Waals surface area (Å²) in [4.78, 5) is 15.7. The van der Waals surface area contributed by atoms with Gasteiger partial charge in [0.2, 0.25) is 0 Å². The number of aryl methyl sites for hydroxylation is 1. The fourth-order valence-electron chi connectivity index (χ4n) is 3.19. The van der Waals surface area contributed by atoms with Crippen LogP contribution in [-0.2, 0) is 6.54 Å². The van der Waals surface area contributed by atoms with E-state index in [1.807, 2.05) is 22.8 Å². The second-order valence-corrected chi connectivity index (χ2v) is 7.03. The van der Waals surface area contributed by atoms with E-state index in [2.05, 4.69) is 29.4 Å². The van der Waals surface area contributed by atoms with E-state index >= 15 is 0 Å². The zero-order chi connectivity index (χ0) is 19.7. The van der Waals surface area contributed by atoms with Gasteiger partial charge in [0.05, 0.1) is 17.6 Å². The van der Waals surface area contributed by atoms with Crippen molar-refractivity contribution in [2.75, 3.05) is 5.32 Å². The molecule has 2 N–H and O–H groups in total. The Balaban J connectivity index is 1.64. The van der Waals surface area contributed by atoms with E-state index in [4.69, 9.17) is 12.2 Å². The van der Waals surface area contributed by atoms with Crippen LogP contribution in [-0.4, -0.2) is 15.5 Å². The zero-order valence-corrected chi connectivity index (χ0v) is 16.0. The lowest BCUT2D eigenvalue weighted by atomic mass is 10.1. The van der Waals surface area contributed by atoms with Gasteiger partial charge in [0.1, 0.15) is 5.82 Å². The van der Waals surface area contributed by atoms with Gasteiger partial charge in [-0.3, -0.25) is 4.79 Å². The molecule has 0 fully saturated rings. The third kappa shape index (κ3) is 3.59. The van der Waals surface area contributed by atoms with Crippen LogP contribution in [0, 0.1) is 17.5 Å². The van der Waals surface area contributed by atoms with Gasteiger partial charge in [-0.25, -0.2) is 4.39 Å². The maximum Gasteiger partial charge on any atom is 0.255 e. The molecule has 0 atom stereocenters. The maximum atomic E-state index is 13.3. The number of nitrogens with one attached hydrogen (secondary N) is 2. The zero-order valence-electron chi connectivity index (χ0n) is 15.2. The van der Waals surface area contributed by atoms with Crippen LogP contribution in [0.3, 0.4) is 0 Å². The molecule has 1 heterocycles. The first-order chi connectivity index (χ1) is 13.5. The van der Waals surface area contributed by atoms with Gasteiger partial charge in [-0.2, -0.15) is 0 Å². The summed E-state index contributed by atoms with van der Waals surface area (Å²) in [6, 6.07) is 19.4. The number of aromatic amines is 1. The molecule has 0 saturated carbocycles. The predicted octanol–water partition coefficient (Wildman–Crippen LogP) is 5.45. The minimum atomic E-state index is -0.398. The molecule has 1 aromatic heterocycles. The van der Waals surface area contributed by atoms with Gasteiger partial charge < -0.3 is 14.9 Å². The number of aromatic nitrogens is 2. The largest absolute Gasteiger partial charge is 0.331 e. The summed E-state index contributed by atoms with van der Waals surface area (Å²) in [7, 11) is 0. The van der Waals surface area contributed by atoms with Gasteiger partial charge in [0.15, 0.2) is 4.77 Å². The number of anilines is 1. The molecule has 1 amide bonds. The van der Waals surface area contributed by atoms with Gasteiger partial charge in [0, 0.05) is 11.3 Å². The van der Waals surface area contributed by atoms with Crippen molar-refractivity contribution in [1.29, 1.82) is 0 Å². The molecule has 6 heteroatoms. The molecule has 28 heavy (non-hydrogen) atoms. The van der Waals surface area contributed by atoms with Crippen molar-refractivity contribution < 1.29 is 9.18 Å². The van der Waals surface area contributed by atoms with Gasteiger partial charge in [-0.05, 0) is 66.7 Å². The predicted molar refractivity (Wildman–Crippen MR) is 112 cm³/mol. The number of rotatable bonds is 4. The molecule has 3 aromatic carbocycles. The summed E-state index contributed by atoms with van der Waals surface area (Å²) in [5.74, 6) is -0.705. The van der Waals surface area contributed by atoms with E-state index in [-0.39, 0.29) is 5.91 Å². The Kier molecular flexibility index (Phi) is 4.79. The van der Waals surface area contributed by atoms with Crippen molar-refractivity contribution >= 4 is 34.8 Å². The summed E-state index contributed by atoms with van der Waals surface area (Å²) < 4.78 is 15.9. The normalized spacial score (nSPS) is 10.9. The van der Waals surface area contributed by atoms with Crippen molar-refractivity contribution in [2.45, 2.75) is 13.5 Å². The molecule has 0 aliphatic heterocycles. The number of imidazole rings is 1. The second kappa shape index (κ2) is 7.40. The lowest BCUT2D eigenvalue weighted by Gasteiger charge is -2.09. The van der Waals surface area contributed by atoms with Crippen molar-refractivity contribution in [2.24, 2.45) is 0 Å². The summed E-state index contributed by atoms with van der Waals surface area (Å²) in [5, 5.41) is 2.71. The van der Waals surface area contributed by atoms with Crippen LogP contribution in [0.5, 0.6) is 0 Å². The van der Waals surface area contributed by atoms with Gasteiger partial charge in [-0.15, -0.1) is 0 Å². The molecule has 0 spiro atoms. The average molecular weight is 391 g/mol. The van der Waals surface area contributed by atoms with Crippen molar-refractivity contribution in [3.8, 4) is 0 Å². The number of amides is 1. The number of carbonyl (C=O) groups excluding carboxylic acids is 1. The van der Waals surface area contributed by atoms with E-state index in [1.165, 1.54) is 23.3 Å². The molecule has 4 nitrogen and oxygen atoms in total. The molecule has 0 saturated heterocycles. The van der Waals surface area contributed by atoms with Crippen molar-refractivity contribution in [1.82, 2.24) is 9.55 Å². The molecule has 0 aliphatic carbocycles. The second-order valence-electron chi connectivity index (χ2n) is 6.64.